The minimum Gasteiger partial charge on any atom is -0.321 e. The highest BCUT2D eigenvalue weighted by Gasteiger charge is 2.06. The van der Waals surface area contributed by atoms with Gasteiger partial charge in [0.1, 0.15) is 5.82 Å². The lowest BCUT2D eigenvalue weighted by atomic mass is 10.2. The van der Waals surface area contributed by atoms with Crippen molar-refractivity contribution in [1.82, 2.24) is 9.97 Å². The van der Waals surface area contributed by atoms with Gasteiger partial charge in [0.05, 0.1) is 10.2 Å². The first-order chi connectivity index (χ1) is 7.66. The highest BCUT2D eigenvalue weighted by molar-refractivity contribution is 9.10. The number of hydrogen-bond acceptors (Lipinski definition) is 3. The van der Waals surface area contributed by atoms with Crippen LogP contribution >= 0.6 is 15.9 Å². The first kappa shape index (κ1) is 11.0. The van der Waals surface area contributed by atoms with Gasteiger partial charge in [0, 0.05) is 12.4 Å². The molecule has 0 bridgehead atoms. The summed E-state index contributed by atoms with van der Waals surface area (Å²) in [4.78, 5) is 8.04. The standard InChI is InChI=1S/C11H9BrFN3/c1-7-3-2-4-9(13)10(7)16-11-14-5-8(12)6-15-11/h2-6H,1H3,(H,14,15,16). The molecule has 82 valence electrons. The van der Waals surface area contributed by atoms with Crippen LogP contribution in [0.1, 0.15) is 5.56 Å². The molecule has 1 N–H and O–H groups in total. The second-order valence-electron chi connectivity index (χ2n) is 3.28. The number of halogens is 2. The lowest BCUT2D eigenvalue weighted by Gasteiger charge is -2.08. The maximum atomic E-state index is 13.5. The summed E-state index contributed by atoms with van der Waals surface area (Å²) >= 11 is 3.23. The maximum absolute atomic E-state index is 13.5. The third kappa shape index (κ3) is 2.36. The van der Waals surface area contributed by atoms with Crippen LogP contribution in [0.15, 0.2) is 35.1 Å². The summed E-state index contributed by atoms with van der Waals surface area (Å²) in [5.74, 6) is 0.0583. The Bertz CT molecular complexity index is 479. The van der Waals surface area contributed by atoms with Crippen molar-refractivity contribution < 1.29 is 4.39 Å². The van der Waals surface area contributed by atoms with Gasteiger partial charge in [0.2, 0.25) is 5.95 Å². The highest BCUT2D eigenvalue weighted by Crippen LogP contribution is 2.21. The Labute approximate surface area is 101 Å². The van der Waals surface area contributed by atoms with Crippen molar-refractivity contribution in [3.8, 4) is 0 Å². The van der Waals surface area contributed by atoms with Crippen LogP contribution in [-0.2, 0) is 0 Å². The Hall–Kier alpha value is -1.49. The van der Waals surface area contributed by atoms with Gasteiger partial charge in [-0.1, -0.05) is 12.1 Å². The van der Waals surface area contributed by atoms with E-state index in [-0.39, 0.29) is 5.82 Å². The van der Waals surface area contributed by atoms with Crippen LogP contribution in [0.25, 0.3) is 0 Å². The number of aryl methyl sites for hydroxylation is 1. The van der Waals surface area contributed by atoms with Crippen molar-refractivity contribution in [2.75, 3.05) is 5.32 Å². The van der Waals surface area contributed by atoms with Gasteiger partial charge >= 0.3 is 0 Å². The number of nitrogens with zero attached hydrogens (tertiary/aromatic N) is 2. The van der Waals surface area contributed by atoms with Crippen molar-refractivity contribution in [3.63, 3.8) is 0 Å². The van der Waals surface area contributed by atoms with Gasteiger partial charge in [-0.15, -0.1) is 0 Å². The lowest BCUT2D eigenvalue weighted by molar-refractivity contribution is 0.630. The van der Waals surface area contributed by atoms with Crippen LogP contribution in [-0.4, -0.2) is 9.97 Å². The second-order valence-corrected chi connectivity index (χ2v) is 4.20. The molecule has 0 saturated carbocycles. The Balaban J connectivity index is 2.30. The van der Waals surface area contributed by atoms with Crippen LogP contribution in [0.3, 0.4) is 0 Å². The van der Waals surface area contributed by atoms with Crippen molar-refractivity contribution in [1.29, 1.82) is 0 Å². The van der Waals surface area contributed by atoms with E-state index >= 15 is 0 Å². The number of hydrogen-bond donors (Lipinski definition) is 1. The first-order valence-corrected chi connectivity index (χ1v) is 5.46. The molecule has 0 aliphatic heterocycles. The third-order valence-electron chi connectivity index (χ3n) is 2.08. The molecule has 2 rings (SSSR count). The zero-order valence-electron chi connectivity index (χ0n) is 8.54. The predicted octanol–water partition coefficient (Wildman–Crippen LogP) is 3.43. The van der Waals surface area contributed by atoms with Crippen LogP contribution < -0.4 is 5.32 Å². The van der Waals surface area contributed by atoms with Crippen molar-refractivity contribution in [2.45, 2.75) is 6.92 Å². The Morgan fingerprint density at radius 1 is 1.25 bits per heavy atom. The SMILES string of the molecule is Cc1cccc(F)c1Nc1ncc(Br)cn1. The number of rotatable bonds is 2. The maximum Gasteiger partial charge on any atom is 0.227 e. The van der Waals surface area contributed by atoms with Gasteiger partial charge in [0.15, 0.2) is 0 Å². The van der Waals surface area contributed by atoms with E-state index in [1.165, 1.54) is 6.07 Å². The molecule has 1 aromatic carbocycles. The number of nitrogens with one attached hydrogen (secondary N) is 1. The molecular weight excluding hydrogens is 273 g/mol. The van der Waals surface area contributed by atoms with Crippen LogP contribution in [0.5, 0.6) is 0 Å². The van der Waals surface area contributed by atoms with Crippen molar-refractivity contribution >= 4 is 27.6 Å². The van der Waals surface area contributed by atoms with E-state index in [1.807, 2.05) is 13.0 Å². The lowest BCUT2D eigenvalue weighted by Crippen LogP contribution is -2.00. The van der Waals surface area contributed by atoms with Crippen molar-refractivity contribution in [3.05, 3.63) is 46.4 Å². The number of benzene rings is 1. The average Bonchev–Trinajstić information content (AvgIpc) is 2.26. The molecule has 16 heavy (non-hydrogen) atoms. The van der Waals surface area contributed by atoms with E-state index in [9.17, 15) is 4.39 Å². The smallest absolute Gasteiger partial charge is 0.227 e. The molecule has 3 nitrogen and oxygen atoms in total. The summed E-state index contributed by atoms with van der Waals surface area (Å²) < 4.78 is 14.3. The molecule has 5 heteroatoms. The first-order valence-electron chi connectivity index (χ1n) is 4.66. The molecule has 0 saturated heterocycles. The highest BCUT2D eigenvalue weighted by atomic mass is 79.9. The van der Waals surface area contributed by atoms with Crippen LogP contribution in [0.2, 0.25) is 0 Å². The molecule has 0 unspecified atom stereocenters. The average molecular weight is 282 g/mol. The van der Waals surface area contributed by atoms with Gasteiger partial charge in [-0.25, -0.2) is 14.4 Å². The third-order valence-corrected chi connectivity index (χ3v) is 2.49. The molecule has 0 aliphatic carbocycles. The van der Waals surface area contributed by atoms with Gasteiger partial charge in [0.25, 0.3) is 0 Å². The number of aromatic nitrogens is 2. The van der Waals surface area contributed by atoms with E-state index in [0.29, 0.717) is 11.6 Å². The zero-order chi connectivity index (χ0) is 11.5. The molecule has 1 heterocycles. The topological polar surface area (TPSA) is 37.8 Å². The van der Waals surface area contributed by atoms with Gasteiger partial charge in [-0.05, 0) is 34.5 Å². The van der Waals surface area contributed by atoms with E-state index in [2.05, 4.69) is 31.2 Å². The molecule has 2 aromatic rings. The van der Waals surface area contributed by atoms with E-state index in [4.69, 9.17) is 0 Å². The Morgan fingerprint density at radius 3 is 2.56 bits per heavy atom. The second kappa shape index (κ2) is 4.57. The molecule has 0 fully saturated rings. The van der Waals surface area contributed by atoms with Crippen LogP contribution in [0, 0.1) is 12.7 Å². The van der Waals surface area contributed by atoms with Crippen LogP contribution in [0.4, 0.5) is 16.0 Å². The summed E-state index contributed by atoms with van der Waals surface area (Å²) in [6.07, 6.45) is 3.21. The summed E-state index contributed by atoms with van der Waals surface area (Å²) in [5.41, 5.74) is 1.22. The van der Waals surface area contributed by atoms with E-state index in [1.54, 1.807) is 18.5 Å². The summed E-state index contributed by atoms with van der Waals surface area (Å²) in [6.45, 7) is 1.82. The zero-order valence-corrected chi connectivity index (χ0v) is 10.1. The van der Waals surface area contributed by atoms with E-state index < -0.39 is 0 Å². The monoisotopic (exact) mass is 281 g/mol. The van der Waals surface area contributed by atoms with Gasteiger partial charge < -0.3 is 5.32 Å². The summed E-state index contributed by atoms with van der Waals surface area (Å²) in [7, 11) is 0. The number of anilines is 2. The van der Waals surface area contributed by atoms with E-state index in [0.717, 1.165) is 10.0 Å². The Morgan fingerprint density at radius 2 is 1.94 bits per heavy atom. The molecule has 0 amide bonds. The fourth-order valence-corrected chi connectivity index (χ4v) is 1.48. The minimum atomic E-state index is -0.313. The normalized spacial score (nSPS) is 10.2. The summed E-state index contributed by atoms with van der Waals surface area (Å²) in [5, 5.41) is 2.85. The molecule has 0 atom stereocenters. The Kier molecular flexibility index (Phi) is 3.14. The quantitative estimate of drug-likeness (QED) is 0.917. The summed E-state index contributed by atoms with van der Waals surface area (Å²) in [6, 6.07) is 4.89. The molecule has 0 aliphatic rings. The van der Waals surface area contributed by atoms with Gasteiger partial charge in [-0.3, -0.25) is 0 Å². The molecular formula is C11H9BrFN3. The number of para-hydroxylation sites is 1. The molecule has 1 aromatic heterocycles. The fourth-order valence-electron chi connectivity index (χ4n) is 1.28. The largest absolute Gasteiger partial charge is 0.321 e. The predicted molar refractivity (Wildman–Crippen MR) is 64.2 cm³/mol. The fraction of sp³-hybridized carbons (Fsp3) is 0.0909. The minimum absolute atomic E-state index is 0.313. The molecule has 0 spiro atoms. The van der Waals surface area contributed by atoms with Crippen molar-refractivity contribution in [2.24, 2.45) is 0 Å². The molecule has 0 radical (unpaired) electrons. The van der Waals surface area contributed by atoms with Gasteiger partial charge in [-0.2, -0.15) is 0 Å².